The number of aromatic nitrogens is 4. The Kier molecular flexibility index (Phi) is 4.19. The van der Waals surface area contributed by atoms with Gasteiger partial charge < -0.3 is 4.74 Å². The van der Waals surface area contributed by atoms with E-state index in [-0.39, 0.29) is 0 Å². The van der Waals surface area contributed by atoms with Gasteiger partial charge in [0, 0.05) is 30.6 Å². The van der Waals surface area contributed by atoms with Gasteiger partial charge in [-0.05, 0) is 41.5 Å². The first-order valence-corrected chi connectivity index (χ1v) is 8.31. The van der Waals surface area contributed by atoms with Gasteiger partial charge in [-0.1, -0.05) is 30.3 Å². The molecule has 0 N–H and O–H groups in total. The lowest BCUT2D eigenvalue weighted by molar-refractivity contribution is 0.415. The zero-order valence-electron chi connectivity index (χ0n) is 14.6. The molecule has 0 atom stereocenters. The first-order chi connectivity index (χ1) is 12.7. The highest BCUT2D eigenvalue weighted by Gasteiger charge is 2.11. The third-order valence-corrected chi connectivity index (χ3v) is 4.25. The van der Waals surface area contributed by atoms with Crippen LogP contribution in [0.25, 0.3) is 33.9 Å². The van der Waals surface area contributed by atoms with Crippen LogP contribution < -0.4 is 4.74 Å². The van der Waals surface area contributed by atoms with Crippen molar-refractivity contribution in [3.05, 3.63) is 73.1 Å². The monoisotopic (exact) mass is 342 g/mol. The molecule has 0 saturated heterocycles. The second-order valence-corrected chi connectivity index (χ2v) is 5.93. The molecule has 26 heavy (non-hydrogen) atoms. The van der Waals surface area contributed by atoms with Crippen molar-refractivity contribution >= 4 is 0 Å². The second kappa shape index (κ2) is 6.80. The Labute approximate surface area is 151 Å². The van der Waals surface area contributed by atoms with E-state index in [9.17, 15) is 0 Å². The Balaban J connectivity index is 1.64. The zero-order chi connectivity index (χ0) is 17.9. The summed E-state index contributed by atoms with van der Waals surface area (Å²) in [5.74, 6) is 2.34. The second-order valence-electron chi connectivity index (χ2n) is 5.93. The van der Waals surface area contributed by atoms with Crippen LogP contribution in [0.2, 0.25) is 0 Å². The fourth-order valence-electron chi connectivity index (χ4n) is 2.84. The molecule has 0 unspecified atom stereocenters. The summed E-state index contributed by atoms with van der Waals surface area (Å²) in [6, 6.07) is 20.0. The molecule has 0 bridgehead atoms. The van der Waals surface area contributed by atoms with Gasteiger partial charge >= 0.3 is 0 Å². The number of aryl methyl sites for hydroxylation is 1. The molecule has 2 aromatic heterocycles. The van der Waals surface area contributed by atoms with Gasteiger partial charge in [-0.2, -0.15) is 5.10 Å². The number of nitrogens with zero attached hydrogens (tertiary/aromatic N) is 4. The van der Waals surface area contributed by atoms with Gasteiger partial charge in [0.1, 0.15) is 5.75 Å². The molecule has 5 nitrogen and oxygen atoms in total. The zero-order valence-corrected chi connectivity index (χ0v) is 14.6. The predicted molar refractivity (Wildman–Crippen MR) is 102 cm³/mol. The van der Waals surface area contributed by atoms with Crippen molar-refractivity contribution in [2.75, 3.05) is 7.11 Å². The summed E-state index contributed by atoms with van der Waals surface area (Å²) in [4.78, 5) is 8.88. The maximum absolute atomic E-state index is 5.20. The van der Waals surface area contributed by atoms with E-state index in [1.165, 1.54) is 0 Å². The lowest BCUT2D eigenvalue weighted by Gasteiger charge is -2.03. The molecule has 2 heterocycles. The molecule has 4 rings (SSSR count). The average Bonchev–Trinajstić information content (AvgIpc) is 3.10. The summed E-state index contributed by atoms with van der Waals surface area (Å²) < 4.78 is 7.00. The van der Waals surface area contributed by atoms with Crippen molar-refractivity contribution in [1.82, 2.24) is 19.7 Å². The molecule has 4 aromatic rings. The van der Waals surface area contributed by atoms with Crippen molar-refractivity contribution in [2.24, 2.45) is 7.05 Å². The van der Waals surface area contributed by atoms with Crippen LogP contribution in [0.5, 0.6) is 5.75 Å². The highest BCUT2D eigenvalue weighted by Crippen LogP contribution is 2.26. The van der Waals surface area contributed by atoms with E-state index in [1.807, 2.05) is 49.6 Å². The summed E-state index contributed by atoms with van der Waals surface area (Å²) >= 11 is 0. The van der Waals surface area contributed by atoms with Gasteiger partial charge in [0.05, 0.1) is 7.11 Å². The number of hydrogen-bond donors (Lipinski definition) is 0. The Morgan fingerprint density at radius 1 is 0.808 bits per heavy atom. The summed E-state index contributed by atoms with van der Waals surface area (Å²) in [6.07, 6.45) is 3.64. The molecule has 0 spiro atoms. The SMILES string of the molecule is COc1ccc(-c2nc(-c3ccc(-c4cccnc4)cc3)n(C)n2)cc1. The van der Waals surface area contributed by atoms with Crippen LogP contribution in [0.3, 0.4) is 0 Å². The highest BCUT2D eigenvalue weighted by atomic mass is 16.5. The van der Waals surface area contributed by atoms with E-state index in [0.717, 1.165) is 33.8 Å². The first-order valence-electron chi connectivity index (χ1n) is 8.31. The largest absolute Gasteiger partial charge is 0.497 e. The van der Waals surface area contributed by atoms with E-state index in [1.54, 1.807) is 18.0 Å². The van der Waals surface area contributed by atoms with Crippen LogP contribution in [0.15, 0.2) is 73.1 Å². The van der Waals surface area contributed by atoms with Crippen molar-refractivity contribution in [3.8, 4) is 39.7 Å². The summed E-state index contributed by atoms with van der Waals surface area (Å²) in [7, 11) is 3.56. The molecule has 0 aliphatic heterocycles. The minimum Gasteiger partial charge on any atom is -0.497 e. The molecular weight excluding hydrogens is 324 g/mol. The lowest BCUT2D eigenvalue weighted by atomic mass is 10.1. The molecule has 2 aromatic carbocycles. The quantitative estimate of drug-likeness (QED) is 0.557. The molecule has 0 radical (unpaired) electrons. The number of hydrogen-bond acceptors (Lipinski definition) is 4. The van der Waals surface area contributed by atoms with Gasteiger partial charge in [0.25, 0.3) is 0 Å². The van der Waals surface area contributed by atoms with Crippen LogP contribution >= 0.6 is 0 Å². The van der Waals surface area contributed by atoms with Gasteiger partial charge in [-0.3, -0.25) is 4.98 Å². The van der Waals surface area contributed by atoms with Crippen LogP contribution in [-0.2, 0) is 7.05 Å². The molecular formula is C21H18N4O. The smallest absolute Gasteiger partial charge is 0.181 e. The minimum absolute atomic E-state index is 0.696. The van der Waals surface area contributed by atoms with E-state index in [2.05, 4.69) is 34.3 Å². The average molecular weight is 342 g/mol. The van der Waals surface area contributed by atoms with Gasteiger partial charge in [-0.15, -0.1) is 0 Å². The van der Waals surface area contributed by atoms with Gasteiger partial charge in [0.2, 0.25) is 0 Å². The van der Waals surface area contributed by atoms with E-state index in [4.69, 9.17) is 9.72 Å². The van der Waals surface area contributed by atoms with E-state index >= 15 is 0 Å². The van der Waals surface area contributed by atoms with Crippen molar-refractivity contribution in [3.63, 3.8) is 0 Å². The fourth-order valence-corrected chi connectivity index (χ4v) is 2.84. The number of benzene rings is 2. The Morgan fingerprint density at radius 3 is 2.15 bits per heavy atom. The van der Waals surface area contributed by atoms with Crippen LogP contribution in [-0.4, -0.2) is 26.9 Å². The van der Waals surface area contributed by atoms with Crippen LogP contribution in [0.4, 0.5) is 0 Å². The highest BCUT2D eigenvalue weighted by molar-refractivity contribution is 5.68. The molecule has 0 amide bonds. The van der Waals surface area contributed by atoms with Gasteiger partial charge in [-0.25, -0.2) is 9.67 Å². The van der Waals surface area contributed by atoms with Crippen molar-refractivity contribution < 1.29 is 4.74 Å². The summed E-state index contributed by atoms with van der Waals surface area (Å²) in [6.45, 7) is 0. The molecule has 128 valence electrons. The maximum atomic E-state index is 5.20. The van der Waals surface area contributed by atoms with Gasteiger partial charge in [0.15, 0.2) is 11.6 Å². The van der Waals surface area contributed by atoms with Crippen molar-refractivity contribution in [2.45, 2.75) is 0 Å². The van der Waals surface area contributed by atoms with E-state index in [0.29, 0.717) is 5.82 Å². The summed E-state index contributed by atoms with van der Waals surface area (Å²) in [5, 5.41) is 4.55. The predicted octanol–water partition coefficient (Wildman–Crippen LogP) is 4.22. The molecule has 5 heteroatoms. The third-order valence-electron chi connectivity index (χ3n) is 4.25. The Bertz CT molecular complexity index is 1010. The van der Waals surface area contributed by atoms with Crippen LogP contribution in [0, 0.1) is 0 Å². The number of ether oxygens (including phenoxy) is 1. The number of rotatable bonds is 4. The first kappa shape index (κ1) is 16.0. The topological polar surface area (TPSA) is 52.8 Å². The maximum Gasteiger partial charge on any atom is 0.181 e. The molecule has 0 aliphatic carbocycles. The third kappa shape index (κ3) is 3.07. The Hall–Kier alpha value is -3.47. The van der Waals surface area contributed by atoms with E-state index < -0.39 is 0 Å². The fraction of sp³-hybridized carbons (Fsp3) is 0.0952. The molecule has 0 fully saturated rings. The number of methoxy groups -OCH3 is 1. The Morgan fingerprint density at radius 2 is 1.50 bits per heavy atom. The lowest BCUT2D eigenvalue weighted by Crippen LogP contribution is -1.94. The summed E-state index contributed by atoms with van der Waals surface area (Å²) in [5.41, 5.74) is 4.20. The number of pyridine rings is 1. The minimum atomic E-state index is 0.696. The molecule has 0 saturated carbocycles. The molecule has 0 aliphatic rings. The standard InChI is InChI=1S/C21H18N4O/c1-25-21(23-20(24-25)16-9-11-19(26-2)12-10-16)17-7-5-15(6-8-17)18-4-3-13-22-14-18/h3-14H,1-2H3. The normalized spacial score (nSPS) is 10.7. The van der Waals surface area contributed by atoms with Crippen molar-refractivity contribution in [1.29, 1.82) is 0 Å². The van der Waals surface area contributed by atoms with Crippen LogP contribution in [0.1, 0.15) is 0 Å².